The number of likely N-dealkylation sites (tertiary alicyclic amines) is 1. The average Bonchev–Trinajstić information content (AvgIpc) is 3.22. The van der Waals surface area contributed by atoms with E-state index in [1.54, 1.807) is 4.90 Å². The lowest BCUT2D eigenvalue weighted by Gasteiger charge is -2.31. The van der Waals surface area contributed by atoms with E-state index < -0.39 is 0 Å². The van der Waals surface area contributed by atoms with Crippen LogP contribution in [0.15, 0.2) is 48.7 Å². The summed E-state index contributed by atoms with van der Waals surface area (Å²) in [6.45, 7) is 8.32. The van der Waals surface area contributed by atoms with Gasteiger partial charge in [0.1, 0.15) is 5.82 Å². The standard InChI is InChI=1S/C25H33N5O/c1-3-5-15-29-16-13-19(14-17-29)21-18-26-22-11-12-23(27-24(21)22)28-25(31)30(4-2)20-9-7-6-8-10-20/h6-12,18-19,26H,3-5,13-17H2,1-2H3,(H,27,28,31). The van der Waals surface area contributed by atoms with E-state index in [0.29, 0.717) is 18.3 Å². The Morgan fingerprint density at radius 2 is 1.94 bits per heavy atom. The highest BCUT2D eigenvalue weighted by atomic mass is 16.2. The van der Waals surface area contributed by atoms with Gasteiger partial charge in [0, 0.05) is 18.4 Å². The SMILES string of the molecule is CCCCN1CCC(c2c[nH]c3ccc(NC(=O)N(CC)c4ccccc4)nc23)CC1. The summed E-state index contributed by atoms with van der Waals surface area (Å²) >= 11 is 0. The molecule has 2 aromatic heterocycles. The Hall–Kier alpha value is -2.86. The molecule has 4 rings (SSSR count). The van der Waals surface area contributed by atoms with Gasteiger partial charge in [0.15, 0.2) is 0 Å². The quantitative estimate of drug-likeness (QED) is 0.524. The number of hydrogen-bond acceptors (Lipinski definition) is 3. The van der Waals surface area contributed by atoms with Gasteiger partial charge in [0.25, 0.3) is 0 Å². The van der Waals surface area contributed by atoms with E-state index in [-0.39, 0.29) is 6.03 Å². The molecule has 1 aliphatic heterocycles. The van der Waals surface area contributed by atoms with Gasteiger partial charge in [-0.25, -0.2) is 9.78 Å². The number of anilines is 2. The molecule has 0 unspecified atom stereocenters. The van der Waals surface area contributed by atoms with Crippen molar-refractivity contribution in [1.29, 1.82) is 0 Å². The van der Waals surface area contributed by atoms with Crippen molar-refractivity contribution in [3.05, 3.63) is 54.2 Å². The van der Waals surface area contributed by atoms with Crippen molar-refractivity contribution < 1.29 is 4.79 Å². The molecule has 2 amide bonds. The molecule has 6 heteroatoms. The van der Waals surface area contributed by atoms with Crippen molar-refractivity contribution in [2.75, 3.05) is 36.4 Å². The number of fused-ring (bicyclic) bond motifs is 1. The number of carbonyl (C=O) groups is 1. The summed E-state index contributed by atoms with van der Waals surface area (Å²) in [5, 5.41) is 2.99. The van der Waals surface area contributed by atoms with Crippen LogP contribution in [0.2, 0.25) is 0 Å². The van der Waals surface area contributed by atoms with Crippen molar-refractivity contribution in [1.82, 2.24) is 14.9 Å². The Morgan fingerprint density at radius 3 is 2.65 bits per heavy atom. The first kappa shape index (κ1) is 21.4. The number of aromatic amines is 1. The molecule has 2 N–H and O–H groups in total. The molecule has 1 aromatic carbocycles. The van der Waals surface area contributed by atoms with Crippen molar-refractivity contribution in [3.63, 3.8) is 0 Å². The van der Waals surface area contributed by atoms with Crippen LogP contribution in [0.4, 0.5) is 16.3 Å². The van der Waals surface area contributed by atoms with Crippen LogP contribution in [0.5, 0.6) is 0 Å². The Balaban J connectivity index is 1.48. The molecule has 0 atom stereocenters. The van der Waals surface area contributed by atoms with Gasteiger partial charge < -0.3 is 9.88 Å². The highest BCUT2D eigenvalue weighted by Gasteiger charge is 2.23. The van der Waals surface area contributed by atoms with Crippen LogP contribution in [0.3, 0.4) is 0 Å². The van der Waals surface area contributed by atoms with Gasteiger partial charge in [-0.2, -0.15) is 0 Å². The fourth-order valence-electron chi connectivity index (χ4n) is 4.48. The lowest BCUT2D eigenvalue weighted by molar-refractivity contribution is 0.210. The zero-order valence-corrected chi connectivity index (χ0v) is 18.6. The fourth-order valence-corrected chi connectivity index (χ4v) is 4.48. The molecule has 3 aromatic rings. The Kier molecular flexibility index (Phi) is 6.87. The number of urea groups is 1. The number of hydrogen-bond donors (Lipinski definition) is 2. The Bertz CT molecular complexity index is 992. The molecule has 0 aliphatic carbocycles. The van der Waals surface area contributed by atoms with Crippen LogP contribution in [-0.2, 0) is 0 Å². The first-order valence-corrected chi connectivity index (χ1v) is 11.5. The lowest BCUT2D eigenvalue weighted by Crippen LogP contribution is -2.35. The maximum absolute atomic E-state index is 12.9. The lowest BCUT2D eigenvalue weighted by atomic mass is 9.90. The van der Waals surface area contributed by atoms with Gasteiger partial charge >= 0.3 is 6.03 Å². The predicted octanol–water partition coefficient (Wildman–Crippen LogP) is 5.60. The number of carbonyl (C=O) groups excluding carboxylic acids is 1. The van der Waals surface area contributed by atoms with Crippen molar-refractivity contribution in [3.8, 4) is 0 Å². The van der Waals surface area contributed by atoms with E-state index in [4.69, 9.17) is 4.98 Å². The van der Waals surface area contributed by atoms with Crippen LogP contribution < -0.4 is 10.2 Å². The molecular weight excluding hydrogens is 386 g/mol. The van der Waals surface area contributed by atoms with E-state index in [1.807, 2.05) is 49.4 Å². The van der Waals surface area contributed by atoms with Crippen molar-refractivity contribution >= 4 is 28.6 Å². The Labute approximate surface area is 184 Å². The summed E-state index contributed by atoms with van der Waals surface area (Å²) in [6, 6.07) is 13.4. The zero-order chi connectivity index (χ0) is 21.6. The number of pyridine rings is 1. The molecule has 1 aliphatic rings. The summed E-state index contributed by atoms with van der Waals surface area (Å²) < 4.78 is 0. The number of H-pyrrole nitrogens is 1. The molecule has 1 saturated heterocycles. The van der Waals surface area contributed by atoms with Crippen LogP contribution in [0.1, 0.15) is 51.0 Å². The summed E-state index contributed by atoms with van der Waals surface area (Å²) in [4.78, 5) is 25.4. The van der Waals surface area contributed by atoms with Gasteiger partial charge in [-0.3, -0.25) is 10.2 Å². The molecule has 6 nitrogen and oxygen atoms in total. The van der Waals surface area contributed by atoms with Crippen LogP contribution >= 0.6 is 0 Å². The normalized spacial score (nSPS) is 15.3. The van der Waals surface area contributed by atoms with Crippen molar-refractivity contribution in [2.24, 2.45) is 0 Å². The first-order chi connectivity index (χ1) is 15.2. The molecule has 1 fully saturated rings. The number of aromatic nitrogens is 2. The third-order valence-electron chi connectivity index (χ3n) is 6.27. The van der Waals surface area contributed by atoms with Crippen LogP contribution in [0, 0.1) is 0 Å². The van der Waals surface area contributed by atoms with Gasteiger partial charge in [-0.15, -0.1) is 0 Å². The Morgan fingerprint density at radius 1 is 1.16 bits per heavy atom. The number of unbranched alkanes of at least 4 members (excludes halogenated alkanes) is 1. The predicted molar refractivity (Wildman–Crippen MR) is 128 cm³/mol. The number of para-hydroxylation sites is 1. The fraction of sp³-hybridized carbons (Fsp3) is 0.440. The average molecular weight is 420 g/mol. The molecule has 0 bridgehead atoms. The minimum Gasteiger partial charge on any atom is -0.360 e. The highest BCUT2D eigenvalue weighted by molar-refractivity contribution is 6.01. The minimum absolute atomic E-state index is 0.165. The minimum atomic E-state index is -0.165. The largest absolute Gasteiger partial charge is 0.360 e. The molecule has 31 heavy (non-hydrogen) atoms. The smallest absolute Gasteiger partial charge is 0.327 e. The van der Waals surface area contributed by atoms with E-state index in [0.717, 1.165) is 42.7 Å². The first-order valence-electron chi connectivity index (χ1n) is 11.5. The molecular formula is C25H33N5O. The monoisotopic (exact) mass is 419 g/mol. The number of nitrogens with zero attached hydrogens (tertiary/aromatic N) is 3. The number of nitrogens with one attached hydrogen (secondary N) is 2. The van der Waals surface area contributed by atoms with Gasteiger partial charge in [-0.05, 0) is 81.6 Å². The third-order valence-corrected chi connectivity index (χ3v) is 6.27. The number of benzene rings is 1. The number of piperidine rings is 1. The second-order valence-electron chi connectivity index (χ2n) is 8.32. The maximum atomic E-state index is 12.9. The molecule has 0 radical (unpaired) electrons. The van der Waals surface area contributed by atoms with Crippen molar-refractivity contribution in [2.45, 2.75) is 45.4 Å². The highest BCUT2D eigenvalue weighted by Crippen LogP contribution is 2.33. The van der Waals surface area contributed by atoms with E-state index in [9.17, 15) is 4.79 Å². The van der Waals surface area contributed by atoms with Crippen LogP contribution in [0.25, 0.3) is 11.0 Å². The zero-order valence-electron chi connectivity index (χ0n) is 18.6. The second kappa shape index (κ2) is 9.96. The second-order valence-corrected chi connectivity index (χ2v) is 8.32. The summed E-state index contributed by atoms with van der Waals surface area (Å²) in [5.74, 6) is 1.11. The van der Waals surface area contributed by atoms with E-state index in [2.05, 4.69) is 28.3 Å². The van der Waals surface area contributed by atoms with Gasteiger partial charge in [0.05, 0.1) is 11.0 Å². The van der Waals surface area contributed by atoms with Gasteiger partial charge in [-0.1, -0.05) is 31.5 Å². The van der Waals surface area contributed by atoms with E-state index in [1.165, 1.54) is 24.9 Å². The molecule has 0 spiro atoms. The molecule has 3 heterocycles. The van der Waals surface area contributed by atoms with Gasteiger partial charge in [0.2, 0.25) is 0 Å². The molecule has 164 valence electrons. The summed E-state index contributed by atoms with van der Waals surface area (Å²) in [7, 11) is 0. The van der Waals surface area contributed by atoms with E-state index >= 15 is 0 Å². The number of amides is 2. The molecule has 0 saturated carbocycles. The summed E-state index contributed by atoms with van der Waals surface area (Å²) in [5.41, 5.74) is 4.15. The topological polar surface area (TPSA) is 64.3 Å². The summed E-state index contributed by atoms with van der Waals surface area (Å²) in [6.07, 6.45) is 6.96. The number of rotatable bonds is 7. The van der Waals surface area contributed by atoms with Crippen LogP contribution in [-0.4, -0.2) is 47.1 Å². The third kappa shape index (κ3) is 4.90. The maximum Gasteiger partial charge on any atom is 0.327 e.